The number of aryl methyl sites for hydroxylation is 1. The van der Waals surface area contributed by atoms with Crippen molar-refractivity contribution in [2.75, 3.05) is 18.8 Å². The molecule has 1 N–H and O–H groups in total. The maximum absolute atomic E-state index is 12.4. The summed E-state index contributed by atoms with van der Waals surface area (Å²) in [4.78, 5) is 18.7. The van der Waals surface area contributed by atoms with Crippen LogP contribution in [0.25, 0.3) is 11.0 Å². The van der Waals surface area contributed by atoms with E-state index in [9.17, 15) is 9.90 Å². The summed E-state index contributed by atoms with van der Waals surface area (Å²) in [5.74, 6) is 0.349. The number of fused-ring (bicyclic) bond motifs is 1. The molecule has 0 radical (unpaired) electrons. The molecule has 6 heteroatoms. The average molecular weight is 335 g/mol. The molecule has 0 spiro atoms. The van der Waals surface area contributed by atoms with E-state index in [2.05, 4.69) is 16.5 Å². The van der Waals surface area contributed by atoms with Crippen LogP contribution in [0.15, 0.2) is 29.4 Å². The van der Waals surface area contributed by atoms with Gasteiger partial charge in [0.05, 0.1) is 22.4 Å². The molecule has 5 nitrogen and oxygen atoms in total. The van der Waals surface area contributed by atoms with Crippen LogP contribution in [0.2, 0.25) is 0 Å². The van der Waals surface area contributed by atoms with Gasteiger partial charge in [0.15, 0.2) is 5.16 Å². The molecule has 2 aromatic rings. The van der Waals surface area contributed by atoms with E-state index in [0.29, 0.717) is 18.8 Å². The zero-order valence-electron chi connectivity index (χ0n) is 14.2. The number of imidazole rings is 1. The van der Waals surface area contributed by atoms with Crippen molar-refractivity contribution in [2.45, 2.75) is 45.0 Å². The molecule has 0 aliphatic rings. The number of likely N-dealkylation sites (N-methyl/N-ethyl adjacent to an activating group) is 1. The molecule has 0 bridgehead atoms. The van der Waals surface area contributed by atoms with Crippen LogP contribution in [0, 0.1) is 0 Å². The van der Waals surface area contributed by atoms with E-state index in [-0.39, 0.29) is 5.91 Å². The van der Waals surface area contributed by atoms with Crippen molar-refractivity contribution in [3.63, 3.8) is 0 Å². The highest BCUT2D eigenvalue weighted by Crippen LogP contribution is 2.24. The number of aromatic nitrogens is 2. The summed E-state index contributed by atoms with van der Waals surface area (Å²) in [6.07, 6.45) is 0. The Bertz CT molecular complexity index is 676. The second-order valence-electron chi connectivity index (χ2n) is 6.14. The number of rotatable bonds is 7. The first-order valence-electron chi connectivity index (χ1n) is 7.94. The smallest absolute Gasteiger partial charge is 0.233 e. The van der Waals surface area contributed by atoms with E-state index in [4.69, 9.17) is 0 Å². The fourth-order valence-electron chi connectivity index (χ4n) is 2.53. The van der Waals surface area contributed by atoms with Crippen molar-refractivity contribution in [3.8, 4) is 0 Å². The topological polar surface area (TPSA) is 58.4 Å². The Balaban J connectivity index is 2.09. The highest BCUT2D eigenvalue weighted by molar-refractivity contribution is 7.99. The minimum Gasteiger partial charge on any atom is -0.389 e. The van der Waals surface area contributed by atoms with Crippen molar-refractivity contribution < 1.29 is 9.90 Å². The van der Waals surface area contributed by atoms with Gasteiger partial charge in [-0.1, -0.05) is 23.9 Å². The summed E-state index contributed by atoms with van der Waals surface area (Å²) in [5.41, 5.74) is 1.16. The zero-order chi connectivity index (χ0) is 17.0. The molecule has 0 aliphatic carbocycles. The Morgan fingerprint density at radius 3 is 2.65 bits per heavy atom. The Kier molecular flexibility index (Phi) is 5.70. The van der Waals surface area contributed by atoms with Gasteiger partial charge in [0.25, 0.3) is 0 Å². The molecule has 1 amide bonds. The molecule has 0 fully saturated rings. The third kappa shape index (κ3) is 4.48. The number of para-hydroxylation sites is 2. The van der Waals surface area contributed by atoms with E-state index in [1.54, 1.807) is 18.7 Å². The third-order valence-electron chi connectivity index (χ3n) is 3.57. The number of aliphatic hydroxyl groups is 1. The van der Waals surface area contributed by atoms with Gasteiger partial charge in [-0.25, -0.2) is 4.98 Å². The van der Waals surface area contributed by atoms with E-state index < -0.39 is 5.60 Å². The van der Waals surface area contributed by atoms with Crippen LogP contribution in [0.3, 0.4) is 0 Å². The van der Waals surface area contributed by atoms with Gasteiger partial charge in [-0.2, -0.15) is 0 Å². The summed E-state index contributed by atoms with van der Waals surface area (Å²) >= 11 is 1.45. The van der Waals surface area contributed by atoms with Crippen LogP contribution < -0.4 is 0 Å². The third-order valence-corrected chi connectivity index (χ3v) is 4.53. The molecule has 0 saturated carbocycles. The lowest BCUT2D eigenvalue weighted by atomic mass is 10.1. The average Bonchev–Trinajstić information content (AvgIpc) is 2.86. The number of benzene rings is 1. The molecule has 0 atom stereocenters. The second kappa shape index (κ2) is 7.36. The molecule has 2 rings (SSSR count). The number of hydrogen-bond acceptors (Lipinski definition) is 4. The van der Waals surface area contributed by atoms with Crippen LogP contribution in [0.5, 0.6) is 0 Å². The van der Waals surface area contributed by atoms with Crippen molar-refractivity contribution in [1.82, 2.24) is 14.5 Å². The minimum atomic E-state index is -0.882. The lowest BCUT2D eigenvalue weighted by Gasteiger charge is -2.28. The van der Waals surface area contributed by atoms with Crippen LogP contribution in [-0.4, -0.2) is 49.9 Å². The summed E-state index contributed by atoms with van der Waals surface area (Å²) in [5, 5.41) is 10.8. The number of carbonyl (C=O) groups excluding carboxylic acids is 1. The lowest BCUT2D eigenvalue weighted by molar-refractivity contribution is -0.131. The highest BCUT2D eigenvalue weighted by Gasteiger charge is 2.22. The Labute approximate surface area is 141 Å². The first-order valence-corrected chi connectivity index (χ1v) is 8.92. The van der Waals surface area contributed by atoms with Crippen LogP contribution in [-0.2, 0) is 11.3 Å². The minimum absolute atomic E-state index is 0.0225. The normalized spacial score (nSPS) is 11.9. The number of hydrogen-bond donors (Lipinski definition) is 1. The van der Waals surface area contributed by atoms with Gasteiger partial charge >= 0.3 is 0 Å². The van der Waals surface area contributed by atoms with Gasteiger partial charge < -0.3 is 14.6 Å². The van der Waals surface area contributed by atoms with Gasteiger partial charge in [0, 0.05) is 19.6 Å². The predicted octanol–water partition coefficient (Wildman–Crippen LogP) is 2.77. The summed E-state index contributed by atoms with van der Waals surface area (Å²) in [7, 11) is 0. The van der Waals surface area contributed by atoms with E-state index >= 15 is 0 Å². The van der Waals surface area contributed by atoms with Crippen molar-refractivity contribution >= 4 is 28.7 Å². The molecule has 1 heterocycles. The summed E-state index contributed by atoms with van der Waals surface area (Å²) in [6, 6.07) is 8.00. The second-order valence-corrected chi connectivity index (χ2v) is 7.08. The van der Waals surface area contributed by atoms with Gasteiger partial charge in [0.2, 0.25) is 5.91 Å². The molecule has 1 aromatic heterocycles. The first kappa shape index (κ1) is 17.8. The lowest BCUT2D eigenvalue weighted by Crippen LogP contribution is -2.42. The van der Waals surface area contributed by atoms with Crippen molar-refractivity contribution in [1.29, 1.82) is 0 Å². The molecule has 0 unspecified atom stereocenters. The highest BCUT2D eigenvalue weighted by atomic mass is 32.2. The number of carbonyl (C=O) groups is 1. The molecule has 0 saturated heterocycles. The molecular formula is C17H25N3O2S. The van der Waals surface area contributed by atoms with Gasteiger partial charge in [0.1, 0.15) is 0 Å². The molecule has 1 aromatic carbocycles. The molecule has 0 aliphatic heterocycles. The van der Waals surface area contributed by atoms with Crippen molar-refractivity contribution in [3.05, 3.63) is 24.3 Å². The molecular weight excluding hydrogens is 310 g/mol. The summed E-state index contributed by atoms with van der Waals surface area (Å²) < 4.78 is 2.12. The van der Waals surface area contributed by atoms with Crippen molar-refractivity contribution in [2.24, 2.45) is 0 Å². The van der Waals surface area contributed by atoms with Gasteiger partial charge in [-0.05, 0) is 39.8 Å². The largest absolute Gasteiger partial charge is 0.389 e. The van der Waals surface area contributed by atoms with E-state index in [0.717, 1.165) is 22.7 Å². The number of thioether (sulfide) groups is 1. The standard InChI is InChI=1S/C17H25N3O2S/c1-5-19(12-17(3,4)22)15(21)11-23-16-18-13-9-7-8-10-14(13)20(16)6-2/h7-10,22H,5-6,11-12H2,1-4H3. The quantitative estimate of drug-likeness (QED) is 0.791. The number of nitrogens with zero attached hydrogens (tertiary/aromatic N) is 3. The van der Waals surface area contributed by atoms with E-state index in [1.807, 2.05) is 31.2 Å². The fraction of sp³-hybridized carbons (Fsp3) is 0.529. The summed E-state index contributed by atoms with van der Waals surface area (Å²) in [6.45, 7) is 9.18. The molecule has 126 valence electrons. The van der Waals surface area contributed by atoms with E-state index in [1.165, 1.54) is 11.8 Å². The maximum atomic E-state index is 12.4. The number of amides is 1. The zero-order valence-corrected chi connectivity index (χ0v) is 15.1. The van der Waals surface area contributed by atoms with Crippen LogP contribution in [0.4, 0.5) is 0 Å². The predicted molar refractivity (Wildman–Crippen MR) is 94.7 cm³/mol. The first-order chi connectivity index (χ1) is 10.9. The molecule has 23 heavy (non-hydrogen) atoms. The van der Waals surface area contributed by atoms with Crippen LogP contribution in [0.1, 0.15) is 27.7 Å². The maximum Gasteiger partial charge on any atom is 0.233 e. The Hall–Kier alpha value is -1.53. The van der Waals surface area contributed by atoms with Gasteiger partial charge in [-0.15, -0.1) is 0 Å². The SMILES string of the molecule is CCN(CC(C)(C)O)C(=O)CSc1nc2ccccc2n1CC. The Morgan fingerprint density at radius 1 is 1.35 bits per heavy atom. The van der Waals surface area contributed by atoms with Crippen LogP contribution >= 0.6 is 11.8 Å². The fourth-order valence-corrected chi connectivity index (χ4v) is 3.51. The Morgan fingerprint density at radius 2 is 2.04 bits per heavy atom. The monoisotopic (exact) mass is 335 g/mol. The van der Waals surface area contributed by atoms with Gasteiger partial charge in [-0.3, -0.25) is 4.79 Å².